The lowest BCUT2D eigenvalue weighted by molar-refractivity contribution is -0.384. The highest BCUT2D eigenvalue weighted by Crippen LogP contribution is 2.31. The standard InChI is InChI=1S/C18H18N4O2/c23-22(24)16-6-3-5-15(13-16)21-17-7-2-1-4-14(17)12-18(21)20-10-8-19-9-11-20/h1-7,12-13,19H,8-11H2. The van der Waals surface area contributed by atoms with E-state index in [1.54, 1.807) is 12.1 Å². The Morgan fingerprint density at radius 1 is 1.00 bits per heavy atom. The Morgan fingerprint density at radius 3 is 2.58 bits per heavy atom. The van der Waals surface area contributed by atoms with Crippen LogP contribution in [0.5, 0.6) is 0 Å². The minimum absolute atomic E-state index is 0.108. The number of anilines is 1. The van der Waals surface area contributed by atoms with Gasteiger partial charge in [0.25, 0.3) is 5.69 Å². The minimum atomic E-state index is -0.348. The van der Waals surface area contributed by atoms with Crippen molar-refractivity contribution in [1.82, 2.24) is 9.88 Å². The summed E-state index contributed by atoms with van der Waals surface area (Å²) in [6, 6.07) is 17.1. The van der Waals surface area contributed by atoms with Gasteiger partial charge in [-0.25, -0.2) is 0 Å². The number of para-hydroxylation sites is 1. The van der Waals surface area contributed by atoms with Gasteiger partial charge in [0.1, 0.15) is 5.82 Å². The van der Waals surface area contributed by atoms with Crippen molar-refractivity contribution in [3.63, 3.8) is 0 Å². The Morgan fingerprint density at radius 2 is 1.79 bits per heavy atom. The van der Waals surface area contributed by atoms with E-state index in [-0.39, 0.29) is 10.6 Å². The third kappa shape index (κ3) is 2.51. The highest BCUT2D eigenvalue weighted by molar-refractivity contribution is 5.87. The number of benzene rings is 2. The van der Waals surface area contributed by atoms with Crippen molar-refractivity contribution in [3.05, 3.63) is 64.7 Å². The van der Waals surface area contributed by atoms with Gasteiger partial charge in [0.05, 0.1) is 16.1 Å². The number of nitro groups is 1. The first-order valence-electron chi connectivity index (χ1n) is 8.05. The van der Waals surface area contributed by atoms with Crippen LogP contribution in [0.1, 0.15) is 0 Å². The summed E-state index contributed by atoms with van der Waals surface area (Å²) in [5.74, 6) is 1.08. The highest BCUT2D eigenvalue weighted by Gasteiger charge is 2.19. The molecule has 3 aromatic rings. The zero-order chi connectivity index (χ0) is 16.5. The summed E-state index contributed by atoms with van der Waals surface area (Å²) in [5.41, 5.74) is 1.99. The molecule has 4 rings (SSSR count). The van der Waals surface area contributed by atoms with Crippen molar-refractivity contribution in [2.75, 3.05) is 31.1 Å². The van der Waals surface area contributed by atoms with Crippen LogP contribution >= 0.6 is 0 Å². The van der Waals surface area contributed by atoms with Crippen molar-refractivity contribution in [2.24, 2.45) is 0 Å². The number of nitro benzene ring substituents is 1. The van der Waals surface area contributed by atoms with E-state index in [0.717, 1.165) is 48.6 Å². The molecule has 0 bridgehead atoms. The second kappa shape index (κ2) is 5.98. The predicted molar refractivity (Wildman–Crippen MR) is 95.0 cm³/mol. The molecule has 1 fully saturated rings. The average molecular weight is 322 g/mol. The van der Waals surface area contributed by atoms with E-state index in [9.17, 15) is 10.1 Å². The van der Waals surface area contributed by atoms with Crippen molar-refractivity contribution in [3.8, 4) is 5.69 Å². The number of aromatic nitrogens is 1. The van der Waals surface area contributed by atoms with Crippen molar-refractivity contribution >= 4 is 22.4 Å². The third-order valence-electron chi connectivity index (χ3n) is 4.43. The summed E-state index contributed by atoms with van der Waals surface area (Å²) in [4.78, 5) is 13.1. The molecule has 24 heavy (non-hydrogen) atoms. The van der Waals surface area contributed by atoms with E-state index in [1.165, 1.54) is 6.07 Å². The lowest BCUT2D eigenvalue weighted by Crippen LogP contribution is -2.44. The van der Waals surface area contributed by atoms with E-state index in [1.807, 2.05) is 18.2 Å². The topological polar surface area (TPSA) is 63.3 Å². The van der Waals surface area contributed by atoms with Crippen molar-refractivity contribution < 1.29 is 4.92 Å². The summed E-state index contributed by atoms with van der Waals surface area (Å²) in [6.45, 7) is 3.73. The van der Waals surface area contributed by atoms with Crippen LogP contribution in [0.15, 0.2) is 54.6 Å². The molecular formula is C18H18N4O2. The molecular weight excluding hydrogens is 304 g/mol. The SMILES string of the molecule is O=[N+]([O-])c1cccc(-n2c(N3CCNCC3)cc3ccccc32)c1. The second-order valence-corrected chi connectivity index (χ2v) is 5.91. The van der Waals surface area contributed by atoms with E-state index < -0.39 is 0 Å². The number of hydrogen-bond donors (Lipinski definition) is 1. The van der Waals surface area contributed by atoms with Crippen molar-refractivity contribution in [1.29, 1.82) is 0 Å². The fourth-order valence-corrected chi connectivity index (χ4v) is 3.28. The molecule has 0 unspecified atom stereocenters. The quantitative estimate of drug-likeness (QED) is 0.595. The van der Waals surface area contributed by atoms with Gasteiger partial charge in [-0.2, -0.15) is 0 Å². The molecule has 6 nitrogen and oxygen atoms in total. The van der Waals surface area contributed by atoms with Crippen LogP contribution in [0.2, 0.25) is 0 Å². The van der Waals surface area contributed by atoms with Gasteiger partial charge < -0.3 is 10.2 Å². The van der Waals surface area contributed by atoms with Crippen molar-refractivity contribution in [2.45, 2.75) is 0 Å². The van der Waals surface area contributed by atoms with Crippen LogP contribution in [-0.4, -0.2) is 35.7 Å². The van der Waals surface area contributed by atoms with Gasteiger partial charge >= 0.3 is 0 Å². The van der Waals surface area contributed by atoms with E-state index in [0.29, 0.717) is 0 Å². The zero-order valence-electron chi connectivity index (χ0n) is 13.2. The molecule has 1 saturated heterocycles. The number of fused-ring (bicyclic) bond motifs is 1. The summed E-state index contributed by atoms with van der Waals surface area (Å²) < 4.78 is 2.12. The highest BCUT2D eigenvalue weighted by atomic mass is 16.6. The fourth-order valence-electron chi connectivity index (χ4n) is 3.28. The van der Waals surface area contributed by atoms with Gasteiger partial charge in [0.2, 0.25) is 0 Å². The Kier molecular flexibility index (Phi) is 3.66. The molecule has 1 aromatic heterocycles. The van der Waals surface area contributed by atoms with Crippen LogP contribution in [-0.2, 0) is 0 Å². The number of non-ortho nitro benzene ring substituents is 1. The van der Waals surface area contributed by atoms with Crippen LogP contribution in [0.3, 0.4) is 0 Å². The molecule has 0 atom stereocenters. The molecule has 0 aliphatic carbocycles. The third-order valence-corrected chi connectivity index (χ3v) is 4.43. The molecule has 0 radical (unpaired) electrons. The number of nitrogens with zero attached hydrogens (tertiary/aromatic N) is 3. The number of nitrogens with one attached hydrogen (secondary N) is 1. The summed E-state index contributed by atoms with van der Waals surface area (Å²) in [5, 5.41) is 15.6. The van der Waals surface area contributed by atoms with Gasteiger partial charge in [0, 0.05) is 43.7 Å². The zero-order valence-corrected chi connectivity index (χ0v) is 13.2. The first-order chi connectivity index (χ1) is 11.7. The second-order valence-electron chi connectivity index (χ2n) is 5.91. The maximum absolute atomic E-state index is 11.2. The molecule has 2 aromatic carbocycles. The summed E-state index contributed by atoms with van der Waals surface area (Å²) >= 11 is 0. The average Bonchev–Trinajstić information content (AvgIpc) is 3.02. The first kappa shape index (κ1) is 14.7. The van der Waals surface area contributed by atoms with Crippen LogP contribution in [0.4, 0.5) is 11.5 Å². The molecule has 122 valence electrons. The molecule has 1 N–H and O–H groups in total. The monoisotopic (exact) mass is 322 g/mol. The smallest absolute Gasteiger partial charge is 0.271 e. The normalized spacial score (nSPS) is 14.9. The van der Waals surface area contributed by atoms with Gasteiger partial charge in [-0.05, 0) is 18.2 Å². The molecule has 1 aliphatic heterocycles. The van der Waals surface area contributed by atoms with E-state index in [2.05, 4.69) is 33.0 Å². The van der Waals surface area contributed by atoms with Gasteiger partial charge in [0.15, 0.2) is 0 Å². The molecule has 6 heteroatoms. The van der Waals surface area contributed by atoms with E-state index in [4.69, 9.17) is 0 Å². The number of hydrogen-bond acceptors (Lipinski definition) is 4. The lowest BCUT2D eigenvalue weighted by atomic mass is 10.2. The van der Waals surface area contributed by atoms with Crippen LogP contribution < -0.4 is 10.2 Å². The molecule has 2 heterocycles. The lowest BCUT2D eigenvalue weighted by Gasteiger charge is -2.30. The summed E-state index contributed by atoms with van der Waals surface area (Å²) in [6.07, 6.45) is 0. The van der Waals surface area contributed by atoms with E-state index >= 15 is 0 Å². The van der Waals surface area contributed by atoms with Gasteiger partial charge in [-0.1, -0.05) is 24.3 Å². The van der Waals surface area contributed by atoms with Gasteiger partial charge in [-0.3, -0.25) is 14.7 Å². The van der Waals surface area contributed by atoms with Gasteiger partial charge in [-0.15, -0.1) is 0 Å². The molecule has 0 spiro atoms. The minimum Gasteiger partial charge on any atom is -0.355 e. The fraction of sp³-hybridized carbons (Fsp3) is 0.222. The predicted octanol–water partition coefficient (Wildman–Crippen LogP) is 2.95. The van der Waals surface area contributed by atoms with Crippen LogP contribution in [0, 0.1) is 10.1 Å². The Bertz CT molecular complexity index is 897. The Hall–Kier alpha value is -2.86. The Labute approximate surface area is 139 Å². The largest absolute Gasteiger partial charge is 0.355 e. The molecule has 0 saturated carbocycles. The Balaban J connectivity index is 1.92. The number of piperazine rings is 1. The van der Waals surface area contributed by atoms with Crippen LogP contribution in [0.25, 0.3) is 16.6 Å². The molecule has 0 amide bonds. The number of rotatable bonds is 3. The maximum Gasteiger partial charge on any atom is 0.271 e. The summed E-state index contributed by atoms with van der Waals surface area (Å²) in [7, 11) is 0. The maximum atomic E-state index is 11.2. The molecule has 1 aliphatic rings. The first-order valence-corrected chi connectivity index (χ1v) is 8.05.